The Kier molecular flexibility index (Phi) is 9.04. The Hall–Kier alpha value is -4.29. The van der Waals surface area contributed by atoms with E-state index in [-0.39, 0.29) is 46.9 Å². The molecular weight excluding hydrogens is 540 g/mol. The predicted octanol–water partition coefficient (Wildman–Crippen LogP) is 4.24. The lowest BCUT2D eigenvalue weighted by atomic mass is 10.2. The number of aryl methyl sites for hydroxylation is 1. The summed E-state index contributed by atoms with van der Waals surface area (Å²) < 4.78 is 14.9. The third kappa shape index (κ3) is 5.79. The van der Waals surface area contributed by atoms with Crippen molar-refractivity contribution in [1.82, 2.24) is 29.1 Å². The van der Waals surface area contributed by atoms with E-state index in [0.717, 1.165) is 56.8 Å². The van der Waals surface area contributed by atoms with Gasteiger partial charge in [-0.1, -0.05) is 33.1 Å². The molecule has 12 heteroatoms. The maximum atomic E-state index is 12.5. The zero-order valence-corrected chi connectivity index (χ0v) is 23.1. The van der Waals surface area contributed by atoms with E-state index in [1.165, 1.54) is 18.5 Å². The summed E-state index contributed by atoms with van der Waals surface area (Å²) in [5.41, 5.74) is 0.869. The van der Waals surface area contributed by atoms with Crippen LogP contribution in [0.3, 0.4) is 0 Å². The fraction of sp³-hybridized carbons (Fsp3) is 0.448. The minimum absolute atomic E-state index is 0. The molecule has 0 amide bonds. The molecule has 0 radical (unpaired) electrons. The Morgan fingerprint density at radius 2 is 1.24 bits per heavy atom. The fourth-order valence-corrected chi connectivity index (χ4v) is 6.03. The van der Waals surface area contributed by atoms with Crippen LogP contribution in [0.4, 0.5) is 0 Å². The van der Waals surface area contributed by atoms with Crippen molar-refractivity contribution in [3.05, 3.63) is 62.2 Å². The quantitative estimate of drug-likeness (QED) is 0.327. The third-order valence-corrected chi connectivity index (χ3v) is 8.23. The van der Waals surface area contributed by atoms with Gasteiger partial charge in [0, 0.05) is 41.5 Å². The fourth-order valence-electron chi connectivity index (χ4n) is 5.61. The molecule has 4 heterocycles. The molecule has 41 heavy (non-hydrogen) atoms. The van der Waals surface area contributed by atoms with Crippen LogP contribution in [-0.2, 0) is 10.8 Å². The van der Waals surface area contributed by atoms with Crippen LogP contribution in [0.15, 0.2) is 39.3 Å². The second-order valence-corrected chi connectivity index (χ2v) is 11.4. The van der Waals surface area contributed by atoms with Crippen molar-refractivity contribution in [1.29, 1.82) is 10.5 Å². The van der Waals surface area contributed by atoms with Gasteiger partial charge in [-0.2, -0.15) is 10.5 Å². The van der Waals surface area contributed by atoms with Gasteiger partial charge in [0.05, 0.1) is 10.8 Å². The normalized spacial score (nSPS) is 16.0. The van der Waals surface area contributed by atoms with Crippen molar-refractivity contribution in [2.75, 3.05) is 6.26 Å². The van der Waals surface area contributed by atoms with Crippen LogP contribution >= 0.6 is 0 Å². The van der Waals surface area contributed by atoms with E-state index >= 15 is 0 Å². The Bertz CT molecular complexity index is 1840. The number of pyridine rings is 2. The van der Waals surface area contributed by atoms with Gasteiger partial charge in [0.25, 0.3) is 11.1 Å². The summed E-state index contributed by atoms with van der Waals surface area (Å²) in [6.45, 7) is 1.81. The van der Waals surface area contributed by atoms with Crippen molar-refractivity contribution in [3.63, 3.8) is 0 Å². The lowest BCUT2D eigenvalue weighted by Crippen LogP contribution is -2.27. The van der Waals surface area contributed by atoms with Gasteiger partial charge >= 0.3 is 0 Å². The summed E-state index contributed by atoms with van der Waals surface area (Å²) in [5, 5.41) is 19.8. The number of aromatic nitrogens is 6. The molecular formula is C29H32N8O3S. The first-order valence-electron chi connectivity index (χ1n) is 13.3. The molecule has 11 nitrogen and oxygen atoms in total. The molecule has 2 aliphatic carbocycles. The van der Waals surface area contributed by atoms with Crippen LogP contribution in [0.25, 0.3) is 22.1 Å². The van der Waals surface area contributed by atoms with E-state index in [9.17, 15) is 13.8 Å². The Labute approximate surface area is 240 Å². The zero-order valence-electron chi connectivity index (χ0n) is 22.3. The summed E-state index contributed by atoms with van der Waals surface area (Å²) in [6.07, 6.45) is 12.9. The van der Waals surface area contributed by atoms with Crippen LogP contribution in [-0.4, -0.2) is 39.5 Å². The summed E-state index contributed by atoms with van der Waals surface area (Å²) in [4.78, 5) is 41.8. The second kappa shape index (κ2) is 12.5. The highest BCUT2D eigenvalue weighted by molar-refractivity contribution is 7.84. The summed E-state index contributed by atoms with van der Waals surface area (Å²) >= 11 is 0. The second-order valence-electron chi connectivity index (χ2n) is 10.1. The molecule has 1 atom stereocenters. The lowest BCUT2D eigenvalue weighted by molar-refractivity contribution is 0.513. The predicted molar refractivity (Wildman–Crippen MR) is 156 cm³/mol. The molecule has 6 rings (SSSR count). The average molecular weight is 573 g/mol. The SMILES string of the molecule is C.CS(=O)c1ncc2cc(C#N)c(=O)n(C3CCCC3)c2n1.Cc1ncc2cc(C#N)c(=O)n(C3CCCC3)c2n1. The van der Waals surface area contributed by atoms with Crippen molar-refractivity contribution in [2.24, 2.45) is 0 Å². The molecule has 0 aromatic carbocycles. The van der Waals surface area contributed by atoms with E-state index in [4.69, 9.17) is 10.5 Å². The molecule has 2 saturated carbocycles. The van der Waals surface area contributed by atoms with Gasteiger partial charge in [0.2, 0.25) is 5.16 Å². The monoisotopic (exact) mass is 572 g/mol. The molecule has 0 N–H and O–H groups in total. The standard InChI is InChI=1S/C14H14N4O2S.C14H14N4O.CH4/c1-21(20)14-16-8-10-6-9(7-15)13(19)18(12(10)17-14)11-4-2-3-5-11;1-9-16-8-11-6-10(7-15)14(19)18(13(11)17-9)12-4-2-3-5-12;/h6,8,11H,2-5H2,1H3;6,8,12H,2-5H2,1H3;1H4. The lowest BCUT2D eigenvalue weighted by Gasteiger charge is -2.16. The van der Waals surface area contributed by atoms with E-state index in [0.29, 0.717) is 22.5 Å². The van der Waals surface area contributed by atoms with E-state index in [2.05, 4.69) is 19.9 Å². The Balaban J connectivity index is 0.000000185. The molecule has 212 valence electrons. The van der Waals surface area contributed by atoms with Crippen LogP contribution < -0.4 is 11.1 Å². The molecule has 0 spiro atoms. The first kappa shape index (κ1) is 29.7. The minimum Gasteiger partial charge on any atom is -0.288 e. The van der Waals surface area contributed by atoms with Gasteiger partial charge < -0.3 is 0 Å². The summed E-state index contributed by atoms with van der Waals surface area (Å²) in [6, 6.07) is 7.23. The molecule has 1 unspecified atom stereocenters. The topological polar surface area (TPSA) is 160 Å². The largest absolute Gasteiger partial charge is 0.288 e. The van der Waals surface area contributed by atoms with Crippen molar-refractivity contribution >= 4 is 32.9 Å². The maximum Gasteiger partial charge on any atom is 0.270 e. The van der Waals surface area contributed by atoms with E-state index < -0.39 is 10.8 Å². The van der Waals surface area contributed by atoms with Gasteiger partial charge in [0.15, 0.2) is 0 Å². The molecule has 0 saturated heterocycles. The van der Waals surface area contributed by atoms with Gasteiger partial charge in [-0.25, -0.2) is 19.9 Å². The van der Waals surface area contributed by atoms with Gasteiger partial charge in [-0.3, -0.25) is 22.9 Å². The molecule has 0 bridgehead atoms. The van der Waals surface area contributed by atoms with Crippen LogP contribution in [0.2, 0.25) is 0 Å². The van der Waals surface area contributed by atoms with Crippen LogP contribution in [0.1, 0.15) is 87.8 Å². The third-order valence-electron chi connectivity index (χ3n) is 7.52. The molecule has 0 aliphatic heterocycles. The maximum absolute atomic E-state index is 12.5. The minimum atomic E-state index is -1.31. The van der Waals surface area contributed by atoms with Crippen molar-refractivity contribution < 1.29 is 4.21 Å². The number of hydrogen-bond donors (Lipinski definition) is 0. The first-order valence-corrected chi connectivity index (χ1v) is 14.8. The Morgan fingerprint density at radius 3 is 1.68 bits per heavy atom. The number of hydrogen-bond acceptors (Lipinski definition) is 9. The van der Waals surface area contributed by atoms with Gasteiger partial charge in [0.1, 0.15) is 40.4 Å². The van der Waals surface area contributed by atoms with Crippen LogP contribution in [0.5, 0.6) is 0 Å². The Morgan fingerprint density at radius 1 is 0.805 bits per heavy atom. The molecule has 2 aliphatic rings. The number of nitriles is 2. The average Bonchev–Trinajstić information content (AvgIpc) is 3.68. The first-order chi connectivity index (χ1) is 19.3. The van der Waals surface area contributed by atoms with Crippen molar-refractivity contribution in [2.45, 2.75) is 83.0 Å². The zero-order chi connectivity index (χ0) is 28.4. The van der Waals surface area contributed by atoms with Crippen molar-refractivity contribution in [3.8, 4) is 12.1 Å². The summed E-state index contributed by atoms with van der Waals surface area (Å²) in [7, 11) is -1.31. The highest BCUT2D eigenvalue weighted by Crippen LogP contribution is 2.31. The highest BCUT2D eigenvalue weighted by atomic mass is 32.2. The smallest absolute Gasteiger partial charge is 0.270 e. The van der Waals surface area contributed by atoms with Crippen LogP contribution in [0, 0.1) is 29.6 Å². The molecule has 2 fully saturated rings. The van der Waals surface area contributed by atoms with E-state index in [1.54, 1.807) is 28.3 Å². The van der Waals surface area contributed by atoms with Gasteiger partial charge in [-0.05, 0) is 44.7 Å². The molecule has 4 aromatic rings. The van der Waals surface area contributed by atoms with E-state index in [1.807, 2.05) is 12.1 Å². The molecule has 4 aromatic heterocycles. The van der Waals surface area contributed by atoms with Gasteiger partial charge in [-0.15, -0.1) is 0 Å². The number of rotatable bonds is 3. The summed E-state index contributed by atoms with van der Waals surface area (Å²) in [5.74, 6) is 0.642. The number of fused-ring (bicyclic) bond motifs is 2. The number of nitrogens with zero attached hydrogens (tertiary/aromatic N) is 8. The highest BCUT2D eigenvalue weighted by Gasteiger charge is 2.24.